The standard InChI is InChI=1S/C16H9F2N3O/c1-9-4-5-21-14(6-9)20-15(11(8-19)16(21)22)10-2-3-12(17)13(18)7-10/h2-7H,1H3. The average molecular weight is 297 g/mol. The van der Waals surface area contributed by atoms with Crippen molar-refractivity contribution in [2.75, 3.05) is 0 Å². The van der Waals surface area contributed by atoms with Gasteiger partial charge in [-0.2, -0.15) is 5.26 Å². The Hall–Kier alpha value is -3.07. The summed E-state index contributed by atoms with van der Waals surface area (Å²) in [5.74, 6) is -2.07. The van der Waals surface area contributed by atoms with Gasteiger partial charge in [0, 0.05) is 11.8 Å². The Balaban J connectivity index is 2.40. The van der Waals surface area contributed by atoms with Crippen LogP contribution in [-0.2, 0) is 0 Å². The zero-order valence-electron chi connectivity index (χ0n) is 11.5. The van der Waals surface area contributed by atoms with E-state index in [4.69, 9.17) is 0 Å². The molecule has 0 unspecified atom stereocenters. The SMILES string of the molecule is Cc1ccn2c(=O)c(C#N)c(-c3ccc(F)c(F)c3)nc2c1. The van der Waals surface area contributed by atoms with Gasteiger partial charge in [0.15, 0.2) is 11.6 Å². The zero-order valence-corrected chi connectivity index (χ0v) is 11.5. The van der Waals surface area contributed by atoms with Crippen LogP contribution in [0, 0.1) is 29.9 Å². The molecule has 0 saturated carbocycles. The first-order valence-electron chi connectivity index (χ1n) is 6.40. The molecule has 108 valence electrons. The molecular formula is C16H9F2N3O. The van der Waals surface area contributed by atoms with Crippen molar-refractivity contribution in [1.82, 2.24) is 9.38 Å². The summed E-state index contributed by atoms with van der Waals surface area (Å²) in [6.45, 7) is 1.83. The average Bonchev–Trinajstić information content (AvgIpc) is 2.49. The predicted octanol–water partition coefficient (Wildman–Crippen LogP) is 2.82. The van der Waals surface area contributed by atoms with E-state index in [1.165, 1.54) is 16.7 Å². The van der Waals surface area contributed by atoms with E-state index in [0.717, 1.165) is 17.7 Å². The van der Waals surface area contributed by atoms with E-state index >= 15 is 0 Å². The number of hydrogen-bond acceptors (Lipinski definition) is 3. The number of nitriles is 1. The summed E-state index contributed by atoms with van der Waals surface area (Å²) in [5.41, 5.74) is 0.671. The van der Waals surface area contributed by atoms with Crippen LogP contribution in [0.2, 0.25) is 0 Å². The van der Waals surface area contributed by atoms with Gasteiger partial charge in [0.1, 0.15) is 17.3 Å². The fraction of sp³-hybridized carbons (Fsp3) is 0.0625. The van der Waals surface area contributed by atoms with E-state index in [2.05, 4.69) is 4.98 Å². The first-order chi connectivity index (χ1) is 10.5. The lowest BCUT2D eigenvalue weighted by atomic mass is 10.1. The highest BCUT2D eigenvalue weighted by Crippen LogP contribution is 2.22. The number of pyridine rings is 1. The lowest BCUT2D eigenvalue weighted by Crippen LogP contribution is -2.19. The van der Waals surface area contributed by atoms with Crippen LogP contribution in [0.25, 0.3) is 16.9 Å². The molecule has 0 aliphatic heterocycles. The van der Waals surface area contributed by atoms with Crippen LogP contribution in [0.15, 0.2) is 41.3 Å². The molecule has 0 aliphatic carbocycles. The number of halogens is 2. The van der Waals surface area contributed by atoms with Crippen molar-refractivity contribution in [3.8, 4) is 17.3 Å². The topological polar surface area (TPSA) is 58.2 Å². The molecule has 0 radical (unpaired) electrons. The van der Waals surface area contributed by atoms with Crippen molar-refractivity contribution in [3.63, 3.8) is 0 Å². The molecule has 0 spiro atoms. The van der Waals surface area contributed by atoms with Crippen molar-refractivity contribution in [2.45, 2.75) is 6.92 Å². The minimum absolute atomic E-state index is 0.0389. The molecule has 2 aromatic heterocycles. The summed E-state index contributed by atoms with van der Waals surface area (Å²) in [5, 5.41) is 9.23. The van der Waals surface area contributed by atoms with Crippen LogP contribution >= 0.6 is 0 Å². The highest BCUT2D eigenvalue weighted by molar-refractivity contribution is 5.68. The number of nitrogens with zero attached hydrogens (tertiary/aromatic N) is 3. The van der Waals surface area contributed by atoms with Gasteiger partial charge in [-0.15, -0.1) is 0 Å². The van der Waals surface area contributed by atoms with Crippen molar-refractivity contribution in [2.24, 2.45) is 0 Å². The van der Waals surface area contributed by atoms with Gasteiger partial charge in [-0.3, -0.25) is 9.20 Å². The first kappa shape index (κ1) is 13.9. The lowest BCUT2D eigenvalue weighted by Gasteiger charge is -2.07. The molecule has 0 bridgehead atoms. The zero-order chi connectivity index (χ0) is 15.9. The summed E-state index contributed by atoms with van der Waals surface area (Å²) in [6.07, 6.45) is 1.52. The van der Waals surface area contributed by atoms with Crippen LogP contribution < -0.4 is 5.56 Å². The summed E-state index contributed by atoms with van der Waals surface area (Å²) in [4.78, 5) is 16.6. The molecule has 0 fully saturated rings. The predicted molar refractivity (Wildman–Crippen MR) is 76.3 cm³/mol. The molecule has 22 heavy (non-hydrogen) atoms. The Morgan fingerprint density at radius 3 is 2.64 bits per heavy atom. The Kier molecular flexibility index (Phi) is 3.18. The van der Waals surface area contributed by atoms with Crippen LogP contribution in [0.1, 0.15) is 11.1 Å². The van der Waals surface area contributed by atoms with Crippen molar-refractivity contribution < 1.29 is 8.78 Å². The second kappa shape index (κ2) is 5.04. The van der Waals surface area contributed by atoms with Crippen molar-refractivity contribution in [3.05, 3.63) is 69.6 Å². The van der Waals surface area contributed by atoms with Crippen LogP contribution in [-0.4, -0.2) is 9.38 Å². The second-order valence-electron chi connectivity index (χ2n) is 4.81. The number of rotatable bonds is 1. The Morgan fingerprint density at radius 1 is 1.18 bits per heavy atom. The summed E-state index contributed by atoms with van der Waals surface area (Å²) in [6, 6.07) is 8.32. The Morgan fingerprint density at radius 2 is 1.95 bits per heavy atom. The first-order valence-corrected chi connectivity index (χ1v) is 6.40. The van der Waals surface area contributed by atoms with Gasteiger partial charge in [0.25, 0.3) is 5.56 Å². The molecule has 1 aromatic carbocycles. The summed E-state index contributed by atoms with van der Waals surface area (Å²) in [7, 11) is 0. The minimum atomic E-state index is -1.06. The summed E-state index contributed by atoms with van der Waals surface area (Å²) < 4.78 is 27.7. The maximum atomic E-state index is 13.4. The molecule has 0 N–H and O–H groups in total. The van der Waals surface area contributed by atoms with Gasteiger partial charge < -0.3 is 0 Å². The third-order valence-electron chi connectivity index (χ3n) is 3.29. The number of hydrogen-bond donors (Lipinski definition) is 0. The van der Waals surface area contributed by atoms with E-state index in [-0.39, 0.29) is 16.8 Å². The van der Waals surface area contributed by atoms with Gasteiger partial charge >= 0.3 is 0 Å². The maximum absolute atomic E-state index is 13.4. The normalized spacial score (nSPS) is 10.6. The van der Waals surface area contributed by atoms with E-state index in [1.54, 1.807) is 18.2 Å². The molecule has 0 saturated heterocycles. The molecule has 0 aliphatic rings. The molecule has 6 heteroatoms. The van der Waals surface area contributed by atoms with Gasteiger partial charge in [-0.25, -0.2) is 13.8 Å². The second-order valence-corrected chi connectivity index (χ2v) is 4.81. The maximum Gasteiger partial charge on any atom is 0.276 e. The van der Waals surface area contributed by atoms with Crippen LogP contribution in [0.5, 0.6) is 0 Å². The third-order valence-corrected chi connectivity index (χ3v) is 3.29. The van der Waals surface area contributed by atoms with Crippen LogP contribution in [0.4, 0.5) is 8.78 Å². The molecule has 4 nitrogen and oxygen atoms in total. The largest absolute Gasteiger partial charge is 0.276 e. The molecule has 3 rings (SSSR count). The Bertz CT molecular complexity index is 1000. The van der Waals surface area contributed by atoms with Crippen molar-refractivity contribution >= 4 is 5.65 Å². The van der Waals surface area contributed by atoms with Crippen LogP contribution in [0.3, 0.4) is 0 Å². The highest BCUT2D eigenvalue weighted by Gasteiger charge is 2.15. The number of benzene rings is 1. The van der Waals surface area contributed by atoms with Gasteiger partial charge in [0.2, 0.25) is 0 Å². The monoisotopic (exact) mass is 297 g/mol. The number of aromatic nitrogens is 2. The molecular weight excluding hydrogens is 288 g/mol. The number of aryl methyl sites for hydroxylation is 1. The fourth-order valence-electron chi connectivity index (χ4n) is 2.19. The summed E-state index contributed by atoms with van der Waals surface area (Å²) >= 11 is 0. The third kappa shape index (κ3) is 2.13. The molecule has 0 atom stereocenters. The van der Waals surface area contributed by atoms with E-state index < -0.39 is 17.2 Å². The molecule has 0 amide bonds. The molecule has 3 aromatic rings. The molecule has 2 heterocycles. The quantitative estimate of drug-likeness (QED) is 0.694. The van der Waals surface area contributed by atoms with Crippen molar-refractivity contribution in [1.29, 1.82) is 5.26 Å². The highest BCUT2D eigenvalue weighted by atomic mass is 19.2. The van der Waals surface area contributed by atoms with E-state index in [9.17, 15) is 18.8 Å². The van der Waals surface area contributed by atoms with Gasteiger partial charge in [-0.05, 0) is 42.8 Å². The van der Waals surface area contributed by atoms with E-state index in [0.29, 0.717) is 5.65 Å². The fourth-order valence-corrected chi connectivity index (χ4v) is 2.19. The number of fused-ring (bicyclic) bond motifs is 1. The van der Waals surface area contributed by atoms with Gasteiger partial charge in [-0.1, -0.05) is 0 Å². The van der Waals surface area contributed by atoms with E-state index in [1.807, 2.05) is 6.92 Å². The van der Waals surface area contributed by atoms with Gasteiger partial charge in [0.05, 0.1) is 5.69 Å². The minimum Gasteiger partial charge on any atom is -0.267 e. The smallest absolute Gasteiger partial charge is 0.267 e. The lowest BCUT2D eigenvalue weighted by molar-refractivity contribution is 0.509. The Labute approximate surface area is 123 Å².